The van der Waals surface area contributed by atoms with E-state index in [2.05, 4.69) is 25.0 Å². The molecule has 2 N–H and O–H groups in total. The van der Waals surface area contributed by atoms with Gasteiger partial charge in [0, 0.05) is 22.9 Å². The molecule has 5 rings (SSSR count). The van der Waals surface area contributed by atoms with Crippen molar-refractivity contribution < 1.29 is 41.0 Å². The Morgan fingerprint density at radius 2 is 1.76 bits per heavy atom. The lowest BCUT2D eigenvalue weighted by Gasteiger charge is -2.28. The number of hydrogen-bond acceptors (Lipinski definition) is 5. The van der Waals surface area contributed by atoms with Crippen LogP contribution in [0, 0.1) is 0 Å². The van der Waals surface area contributed by atoms with E-state index in [4.69, 9.17) is 0 Å². The van der Waals surface area contributed by atoms with Gasteiger partial charge in [-0.3, -0.25) is 5.43 Å². The fourth-order valence-electron chi connectivity index (χ4n) is 3.84. The summed E-state index contributed by atoms with van der Waals surface area (Å²) in [6, 6.07) is 18.1. The average molecular weight is 519 g/mol. The van der Waals surface area contributed by atoms with E-state index in [1.54, 1.807) is 12.1 Å². The van der Waals surface area contributed by atoms with E-state index in [9.17, 15) is 26.7 Å². The summed E-state index contributed by atoms with van der Waals surface area (Å²) in [5.41, 5.74) is 5.92. The fraction of sp³-hybridized carbons (Fsp3) is 0.160. The van der Waals surface area contributed by atoms with Crippen molar-refractivity contribution in [1.29, 1.82) is 0 Å². The van der Waals surface area contributed by atoms with Gasteiger partial charge in [-0.15, -0.1) is 0 Å². The van der Waals surface area contributed by atoms with Crippen LogP contribution < -0.4 is 25.0 Å². The Bertz CT molecular complexity index is 1340. The number of hydrogen-bond donors (Lipinski definition) is 2. The zero-order chi connectivity index (χ0) is 26.2. The van der Waals surface area contributed by atoms with Gasteiger partial charge in [0.15, 0.2) is 11.5 Å². The van der Waals surface area contributed by atoms with E-state index >= 15 is 0 Å². The first-order valence-electron chi connectivity index (χ1n) is 10.9. The Labute approximate surface area is 207 Å². The van der Waals surface area contributed by atoms with E-state index in [1.165, 1.54) is 29.3 Å². The quantitative estimate of drug-likeness (QED) is 0.413. The van der Waals surface area contributed by atoms with Gasteiger partial charge in [0.25, 0.3) is 0 Å². The summed E-state index contributed by atoms with van der Waals surface area (Å²) in [6.07, 6.45) is -7.12. The molecule has 7 nitrogen and oxygen atoms in total. The standard InChI is InChI=1S/C25H18F5N3O4/c26-22-25(29,30)37-19-11-8-16(12-20(19)36-22)31-24(34)33-13-18(14-4-2-1-3-5-14)21(32-33)15-6-9-17(10-7-15)35-23(27)28/h1-12,22-23,32H,13H2,(H,31,34). The molecule has 3 aromatic carbocycles. The number of nitrogens with one attached hydrogen (secondary N) is 2. The molecule has 1 atom stereocenters. The lowest BCUT2D eigenvalue weighted by Crippen LogP contribution is -2.43. The maximum Gasteiger partial charge on any atom is 0.468 e. The molecule has 2 heterocycles. The topological polar surface area (TPSA) is 72.1 Å². The smallest absolute Gasteiger partial charge is 0.447 e. The molecule has 3 aromatic rings. The summed E-state index contributed by atoms with van der Waals surface area (Å²) >= 11 is 0. The third-order valence-corrected chi connectivity index (χ3v) is 5.54. The molecule has 0 fully saturated rings. The molecule has 2 amide bonds. The van der Waals surface area contributed by atoms with Crippen molar-refractivity contribution in [2.24, 2.45) is 0 Å². The van der Waals surface area contributed by atoms with Crippen LogP contribution in [0.5, 0.6) is 17.2 Å². The molecule has 2 aliphatic heterocycles. The summed E-state index contributed by atoms with van der Waals surface area (Å²) in [4.78, 5) is 13.0. The van der Waals surface area contributed by atoms with Crippen LogP contribution in [0.15, 0.2) is 72.8 Å². The van der Waals surface area contributed by atoms with Crippen molar-refractivity contribution in [3.63, 3.8) is 0 Å². The number of rotatable bonds is 5. The van der Waals surface area contributed by atoms with Gasteiger partial charge in [0.05, 0.1) is 12.2 Å². The van der Waals surface area contributed by atoms with Crippen LogP contribution in [0.4, 0.5) is 32.4 Å². The van der Waals surface area contributed by atoms with Crippen molar-refractivity contribution in [3.05, 3.63) is 83.9 Å². The monoisotopic (exact) mass is 519 g/mol. The molecule has 2 aliphatic rings. The van der Waals surface area contributed by atoms with Gasteiger partial charge in [-0.1, -0.05) is 30.3 Å². The molecule has 0 radical (unpaired) electrons. The number of urea groups is 1. The molecule has 0 bridgehead atoms. The van der Waals surface area contributed by atoms with Crippen LogP contribution in [-0.2, 0) is 0 Å². The lowest BCUT2D eigenvalue weighted by atomic mass is 10.0. The average Bonchev–Trinajstić information content (AvgIpc) is 3.31. The molecule has 192 valence electrons. The highest BCUT2D eigenvalue weighted by atomic mass is 19.3. The third kappa shape index (κ3) is 5.08. The third-order valence-electron chi connectivity index (χ3n) is 5.54. The lowest BCUT2D eigenvalue weighted by molar-refractivity contribution is -0.281. The summed E-state index contributed by atoms with van der Waals surface area (Å²) in [7, 11) is 0. The number of halogens is 5. The zero-order valence-electron chi connectivity index (χ0n) is 18.8. The summed E-state index contributed by atoms with van der Waals surface area (Å²) < 4.78 is 78.6. The molecule has 0 aromatic heterocycles. The first-order valence-corrected chi connectivity index (χ1v) is 10.9. The second-order valence-electron chi connectivity index (χ2n) is 8.01. The van der Waals surface area contributed by atoms with Crippen molar-refractivity contribution in [3.8, 4) is 17.2 Å². The number of fused-ring (bicyclic) bond motifs is 1. The van der Waals surface area contributed by atoms with E-state index in [0.29, 0.717) is 11.3 Å². The fourth-order valence-corrected chi connectivity index (χ4v) is 3.84. The molecular formula is C25H18F5N3O4. The van der Waals surface area contributed by atoms with Crippen LogP contribution >= 0.6 is 0 Å². The highest BCUT2D eigenvalue weighted by Gasteiger charge is 2.49. The summed E-state index contributed by atoms with van der Waals surface area (Å²) in [5, 5.41) is 3.86. The van der Waals surface area contributed by atoms with Gasteiger partial charge in [0.1, 0.15) is 5.75 Å². The molecule has 12 heteroatoms. The number of benzene rings is 3. The SMILES string of the molecule is O=C(Nc1ccc2c(c1)OC(F)C(F)(F)O2)N1CC(c2ccccc2)=C(c2ccc(OC(F)F)cc2)N1. The largest absolute Gasteiger partial charge is 0.468 e. The minimum absolute atomic E-state index is 0.0138. The first kappa shape index (κ1) is 24.2. The Morgan fingerprint density at radius 3 is 2.46 bits per heavy atom. The van der Waals surface area contributed by atoms with E-state index in [0.717, 1.165) is 17.2 Å². The number of anilines is 1. The van der Waals surface area contributed by atoms with Crippen molar-refractivity contribution in [1.82, 2.24) is 10.4 Å². The number of amides is 2. The molecule has 1 unspecified atom stereocenters. The first-order chi connectivity index (χ1) is 17.7. The van der Waals surface area contributed by atoms with E-state index in [-0.39, 0.29) is 29.5 Å². The second-order valence-corrected chi connectivity index (χ2v) is 8.01. The Balaban J connectivity index is 1.36. The molecule has 0 saturated heterocycles. The number of alkyl halides is 5. The van der Waals surface area contributed by atoms with Crippen molar-refractivity contribution in [2.45, 2.75) is 19.1 Å². The Morgan fingerprint density at radius 1 is 1.03 bits per heavy atom. The minimum Gasteiger partial charge on any atom is -0.447 e. The number of hydrazine groups is 1. The predicted octanol–water partition coefficient (Wildman–Crippen LogP) is 5.87. The Kier molecular flexibility index (Phi) is 6.24. The Hall–Kier alpha value is -4.48. The van der Waals surface area contributed by atoms with E-state index < -0.39 is 25.1 Å². The number of nitrogens with zero attached hydrogens (tertiary/aromatic N) is 1. The molecule has 0 aliphatic carbocycles. The molecule has 0 saturated carbocycles. The molecular weight excluding hydrogens is 501 g/mol. The highest BCUT2D eigenvalue weighted by Crippen LogP contribution is 2.42. The van der Waals surface area contributed by atoms with Crippen molar-refractivity contribution in [2.75, 3.05) is 11.9 Å². The van der Waals surface area contributed by atoms with Crippen LogP contribution in [0.1, 0.15) is 11.1 Å². The van der Waals surface area contributed by atoms with Crippen LogP contribution in [0.25, 0.3) is 11.3 Å². The molecule has 0 spiro atoms. The highest BCUT2D eigenvalue weighted by molar-refractivity contribution is 5.98. The normalized spacial score (nSPS) is 18.0. The number of carbonyl (C=O) groups is 1. The van der Waals surface area contributed by atoms with Crippen molar-refractivity contribution >= 4 is 23.0 Å². The zero-order valence-corrected chi connectivity index (χ0v) is 18.8. The van der Waals surface area contributed by atoms with Gasteiger partial charge in [0.2, 0.25) is 0 Å². The van der Waals surface area contributed by atoms with Crippen LogP contribution in [0.2, 0.25) is 0 Å². The van der Waals surface area contributed by atoms with Gasteiger partial charge in [-0.2, -0.15) is 22.0 Å². The van der Waals surface area contributed by atoms with Gasteiger partial charge < -0.3 is 19.5 Å². The number of ether oxygens (including phenoxy) is 3. The summed E-state index contributed by atoms with van der Waals surface area (Å²) in [6.45, 7) is -2.83. The van der Waals surface area contributed by atoms with Crippen LogP contribution in [0.3, 0.4) is 0 Å². The summed E-state index contributed by atoms with van der Waals surface area (Å²) in [5.74, 6) is -0.675. The van der Waals surface area contributed by atoms with Gasteiger partial charge >= 0.3 is 25.1 Å². The van der Waals surface area contributed by atoms with E-state index in [1.807, 2.05) is 30.3 Å². The van der Waals surface area contributed by atoms with Gasteiger partial charge in [-0.25, -0.2) is 9.80 Å². The number of carbonyl (C=O) groups excluding carboxylic acids is 1. The minimum atomic E-state index is -4.13. The molecule has 37 heavy (non-hydrogen) atoms. The van der Waals surface area contributed by atoms with Gasteiger partial charge in [-0.05, 0) is 42.0 Å². The van der Waals surface area contributed by atoms with Crippen LogP contribution in [-0.4, -0.2) is 36.7 Å². The second kappa shape index (κ2) is 9.52. The predicted molar refractivity (Wildman–Crippen MR) is 123 cm³/mol. The maximum atomic E-state index is 13.5. The maximum absolute atomic E-state index is 13.5.